The Labute approximate surface area is 202 Å². The van der Waals surface area contributed by atoms with Gasteiger partial charge in [-0.25, -0.2) is 9.78 Å². The molecule has 5 aromatic rings. The molecule has 0 saturated carbocycles. The zero-order valence-corrected chi connectivity index (χ0v) is 19.7. The fourth-order valence-corrected chi connectivity index (χ4v) is 4.19. The third-order valence-corrected chi connectivity index (χ3v) is 6.03. The van der Waals surface area contributed by atoms with Gasteiger partial charge in [0.15, 0.2) is 11.7 Å². The maximum Gasteiger partial charge on any atom is 0.339 e. The molecule has 1 heterocycles. The van der Waals surface area contributed by atoms with Crippen LogP contribution in [0.25, 0.3) is 33.3 Å². The SMILES string of the molecule is Cc1cccc(C)c1NC(=O)C(C)OC(=O)c1cccc2cccc(-c3nc4ccccc4o3)c12. The number of carbonyl (C=O) groups excluding carboxylic acids is 2. The predicted molar refractivity (Wildman–Crippen MR) is 136 cm³/mol. The maximum atomic E-state index is 13.3. The average Bonchev–Trinajstić information content (AvgIpc) is 3.29. The summed E-state index contributed by atoms with van der Waals surface area (Å²) in [4.78, 5) is 30.7. The van der Waals surface area contributed by atoms with Gasteiger partial charge in [0.05, 0.1) is 5.56 Å². The first-order valence-corrected chi connectivity index (χ1v) is 11.4. The molecule has 0 aliphatic carbocycles. The van der Waals surface area contributed by atoms with Gasteiger partial charge in [0, 0.05) is 16.6 Å². The number of nitrogens with zero attached hydrogens (tertiary/aromatic N) is 1. The maximum absolute atomic E-state index is 13.3. The summed E-state index contributed by atoms with van der Waals surface area (Å²) in [5.74, 6) is -0.573. The lowest BCUT2D eigenvalue weighted by atomic mass is 9.99. The van der Waals surface area contributed by atoms with Crippen molar-refractivity contribution in [1.82, 2.24) is 4.98 Å². The first-order chi connectivity index (χ1) is 16.9. The van der Waals surface area contributed by atoms with Crippen molar-refractivity contribution in [3.63, 3.8) is 0 Å². The molecule has 1 N–H and O–H groups in total. The van der Waals surface area contributed by atoms with E-state index in [2.05, 4.69) is 10.3 Å². The molecule has 35 heavy (non-hydrogen) atoms. The lowest BCUT2D eigenvalue weighted by molar-refractivity contribution is -0.123. The minimum absolute atomic E-state index is 0.340. The van der Waals surface area contributed by atoms with Crippen molar-refractivity contribution in [2.75, 3.05) is 5.32 Å². The predicted octanol–water partition coefficient (Wildman–Crippen LogP) is 6.45. The van der Waals surface area contributed by atoms with E-state index in [4.69, 9.17) is 9.15 Å². The van der Waals surface area contributed by atoms with E-state index in [1.54, 1.807) is 19.1 Å². The van der Waals surface area contributed by atoms with Gasteiger partial charge in [0.2, 0.25) is 5.89 Å². The highest BCUT2D eigenvalue weighted by molar-refractivity contribution is 6.11. The fourth-order valence-electron chi connectivity index (χ4n) is 4.19. The molecule has 0 saturated heterocycles. The highest BCUT2D eigenvalue weighted by Crippen LogP contribution is 2.33. The van der Waals surface area contributed by atoms with Gasteiger partial charge in [-0.15, -0.1) is 0 Å². The van der Waals surface area contributed by atoms with Gasteiger partial charge < -0.3 is 14.5 Å². The van der Waals surface area contributed by atoms with E-state index in [0.717, 1.165) is 27.7 Å². The quantitative estimate of drug-likeness (QED) is 0.302. The number of oxazole rings is 1. The molecule has 6 heteroatoms. The molecular formula is C29H24N2O4. The van der Waals surface area contributed by atoms with Gasteiger partial charge in [-0.05, 0) is 61.5 Å². The number of benzene rings is 4. The number of esters is 1. The Morgan fingerprint density at radius 2 is 1.57 bits per heavy atom. The number of aryl methyl sites for hydroxylation is 2. The fraction of sp³-hybridized carbons (Fsp3) is 0.138. The van der Waals surface area contributed by atoms with E-state index in [1.807, 2.05) is 80.6 Å². The first-order valence-electron chi connectivity index (χ1n) is 11.4. The van der Waals surface area contributed by atoms with Gasteiger partial charge in [-0.3, -0.25) is 4.79 Å². The molecule has 0 bridgehead atoms. The van der Waals surface area contributed by atoms with Crippen LogP contribution in [-0.2, 0) is 9.53 Å². The minimum Gasteiger partial charge on any atom is -0.449 e. The Morgan fingerprint density at radius 3 is 2.31 bits per heavy atom. The molecule has 174 valence electrons. The molecular weight excluding hydrogens is 440 g/mol. The number of amides is 1. The number of rotatable bonds is 5. The minimum atomic E-state index is -0.992. The van der Waals surface area contributed by atoms with Crippen LogP contribution in [0.3, 0.4) is 0 Å². The average molecular weight is 465 g/mol. The number of nitrogens with one attached hydrogen (secondary N) is 1. The van der Waals surface area contributed by atoms with Crippen LogP contribution in [0.15, 0.2) is 83.3 Å². The number of hydrogen-bond acceptors (Lipinski definition) is 5. The highest BCUT2D eigenvalue weighted by atomic mass is 16.5. The van der Waals surface area contributed by atoms with Crippen molar-refractivity contribution in [2.24, 2.45) is 0 Å². The Hall–Kier alpha value is -4.45. The third kappa shape index (κ3) is 4.26. The Kier molecular flexibility index (Phi) is 5.79. The van der Waals surface area contributed by atoms with E-state index in [9.17, 15) is 9.59 Å². The molecule has 0 radical (unpaired) electrons. The van der Waals surface area contributed by atoms with Gasteiger partial charge in [0.25, 0.3) is 5.91 Å². The van der Waals surface area contributed by atoms with Crippen molar-refractivity contribution in [2.45, 2.75) is 26.9 Å². The number of anilines is 1. The van der Waals surface area contributed by atoms with Gasteiger partial charge in [0.1, 0.15) is 5.52 Å². The van der Waals surface area contributed by atoms with E-state index >= 15 is 0 Å². The summed E-state index contributed by atoms with van der Waals surface area (Å²) in [5.41, 5.74) is 5.02. The van der Waals surface area contributed by atoms with E-state index < -0.39 is 18.0 Å². The summed E-state index contributed by atoms with van der Waals surface area (Å²) in [6.07, 6.45) is -0.992. The number of para-hydroxylation sites is 3. The molecule has 0 spiro atoms. The Morgan fingerprint density at radius 1 is 0.886 bits per heavy atom. The summed E-state index contributed by atoms with van der Waals surface area (Å²) in [6, 6.07) is 24.3. The van der Waals surface area contributed by atoms with E-state index in [1.165, 1.54) is 0 Å². The summed E-state index contributed by atoms with van der Waals surface area (Å²) >= 11 is 0. The van der Waals surface area contributed by atoms with Crippen LogP contribution in [0.2, 0.25) is 0 Å². The Balaban J connectivity index is 1.46. The molecule has 1 aromatic heterocycles. The monoisotopic (exact) mass is 464 g/mol. The normalized spacial score (nSPS) is 12.0. The lowest BCUT2D eigenvalue weighted by Crippen LogP contribution is -2.30. The molecule has 1 unspecified atom stereocenters. The topological polar surface area (TPSA) is 81.4 Å². The second-order valence-electron chi connectivity index (χ2n) is 8.50. The van der Waals surface area contributed by atoms with Crippen LogP contribution >= 0.6 is 0 Å². The zero-order valence-electron chi connectivity index (χ0n) is 19.7. The molecule has 5 rings (SSSR count). The van der Waals surface area contributed by atoms with Crippen molar-refractivity contribution in [1.29, 1.82) is 0 Å². The molecule has 4 aromatic carbocycles. The number of hydrogen-bond donors (Lipinski definition) is 1. The van der Waals surface area contributed by atoms with Crippen LogP contribution in [0.1, 0.15) is 28.4 Å². The number of fused-ring (bicyclic) bond motifs is 2. The standard InChI is InChI=1S/C29H24N2O4/c1-17-9-6-10-18(2)26(17)31-27(32)19(3)34-29(33)22-14-8-12-20-11-7-13-21(25(20)22)28-30-23-15-4-5-16-24(23)35-28/h4-16,19H,1-3H3,(H,31,32). The molecule has 1 atom stereocenters. The van der Waals surface area contributed by atoms with Gasteiger partial charge >= 0.3 is 5.97 Å². The van der Waals surface area contributed by atoms with Crippen molar-refractivity contribution < 1.29 is 18.7 Å². The highest BCUT2D eigenvalue weighted by Gasteiger charge is 2.23. The lowest BCUT2D eigenvalue weighted by Gasteiger charge is -2.17. The van der Waals surface area contributed by atoms with Crippen molar-refractivity contribution >= 4 is 39.4 Å². The second kappa shape index (κ2) is 9.06. The van der Waals surface area contributed by atoms with Crippen LogP contribution in [0.5, 0.6) is 0 Å². The second-order valence-corrected chi connectivity index (χ2v) is 8.50. The first kappa shape index (κ1) is 22.3. The zero-order chi connectivity index (χ0) is 24.5. The van der Waals surface area contributed by atoms with Gasteiger partial charge in [-0.2, -0.15) is 0 Å². The molecule has 0 fully saturated rings. The molecule has 0 aliphatic heterocycles. The van der Waals surface area contributed by atoms with Crippen molar-refractivity contribution in [3.8, 4) is 11.5 Å². The van der Waals surface area contributed by atoms with Crippen molar-refractivity contribution in [3.05, 3.63) is 95.6 Å². The smallest absolute Gasteiger partial charge is 0.339 e. The van der Waals surface area contributed by atoms with Crippen LogP contribution in [0, 0.1) is 13.8 Å². The third-order valence-electron chi connectivity index (χ3n) is 6.03. The van der Waals surface area contributed by atoms with Crippen LogP contribution < -0.4 is 5.32 Å². The molecule has 6 nitrogen and oxygen atoms in total. The number of carbonyl (C=O) groups is 2. The van der Waals surface area contributed by atoms with Gasteiger partial charge in [-0.1, -0.05) is 54.6 Å². The van der Waals surface area contributed by atoms with Crippen LogP contribution in [-0.4, -0.2) is 23.0 Å². The number of aromatic nitrogens is 1. The van der Waals surface area contributed by atoms with E-state index in [0.29, 0.717) is 28.0 Å². The summed E-state index contributed by atoms with van der Waals surface area (Å²) in [6.45, 7) is 5.40. The van der Waals surface area contributed by atoms with E-state index in [-0.39, 0.29) is 0 Å². The Bertz CT molecular complexity index is 1530. The molecule has 1 amide bonds. The summed E-state index contributed by atoms with van der Waals surface area (Å²) in [7, 11) is 0. The number of ether oxygens (including phenoxy) is 1. The van der Waals surface area contributed by atoms with Crippen LogP contribution in [0.4, 0.5) is 5.69 Å². The summed E-state index contributed by atoms with van der Waals surface area (Å²) in [5, 5.41) is 4.38. The largest absolute Gasteiger partial charge is 0.449 e. The summed E-state index contributed by atoms with van der Waals surface area (Å²) < 4.78 is 11.6. The molecule has 0 aliphatic rings.